The highest BCUT2D eigenvalue weighted by Crippen LogP contribution is 2.39. The van der Waals surface area contributed by atoms with Gasteiger partial charge in [0, 0.05) is 13.1 Å². The van der Waals surface area contributed by atoms with E-state index >= 15 is 0 Å². The van der Waals surface area contributed by atoms with Crippen LogP contribution in [0.2, 0.25) is 19.6 Å². The van der Waals surface area contributed by atoms with Crippen LogP contribution in [0.25, 0.3) is 0 Å². The molecule has 6 heteroatoms. The van der Waals surface area contributed by atoms with Gasteiger partial charge in [0.05, 0.1) is 11.4 Å². The van der Waals surface area contributed by atoms with Crippen LogP contribution in [0.15, 0.2) is 24.3 Å². The van der Waals surface area contributed by atoms with Gasteiger partial charge in [-0.3, -0.25) is 0 Å². The number of amides is 1. The second kappa shape index (κ2) is 4.94. The van der Waals surface area contributed by atoms with Gasteiger partial charge in [0.1, 0.15) is 0 Å². The van der Waals surface area contributed by atoms with Crippen molar-refractivity contribution in [1.82, 2.24) is 4.90 Å². The van der Waals surface area contributed by atoms with E-state index in [1.807, 2.05) is 24.3 Å². The van der Waals surface area contributed by atoms with Gasteiger partial charge in [-0.25, -0.2) is 4.79 Å². The number of hydrogen-bond donors (Lipinski definition) is 2. The van der Waals surface area contributed by atoms with Crippen molar-refractivity contribution in [3.63, 3.8) is 0 Å². The number of fused-ring (bicyclic) bond motifs is 1. The summed E-state index contributed by atoms with van der Waals surface area (Å²) in [5.74, 6) is 0. The third-order valence-electron chi connectivity index (χ3n) is 4.21. The Morgan fingerprint density at radius 1 is 1.14 bits per heavy atom. The highest BCUT2D eigenvalue weighted by Gasteiger charge is 2.52. The molecule has 0 atom stereocenters. The molecule has 114 valence electrons. The average Bonchev–Trinajstić information content (AvgIpc) is 3.05. The van der Waals surface area contributed by atoms with Crippen LogP contribution in [0, 0.1) is 0 Å². The predicted octanol–water partition coefficient (Wildman–Crippen LogP) is 3.29. The van der Waals surface area contributed by atoms with Gasteiger partial charge in [-0.05, 0) is 25.0 Å². The van der Waals surface area contributed by atoms with Gasteiger partial charge in [-0.15, -0.1) is 0 Å². The summed E-state index contributed by atoms with van der Waals surface area (Å²) in [6.45, 7) is 8.17. The molecule has 0 saturated carbocycles. The van der Waals surface area contributed by atoms with E-state index in [1.54, 1.807) is 4.90 Å². The van der Waals surface area contributed by atoms with Gasteiger partial charge >= 0.3 is 6.09 Å². The minimum absolute atomic E-state index is 0.220. The predicted molar refractivity (Wildman–Crippen MR) is 87.1 cm³/mol. The Kier molecular flexibility index (Phi) is 3.35. The lowest BCUT2D eigenvalue weighted by Crippen LogP contribution is -2.64. The summed E-state index contributed by atoms with van der Waals surface area (Å²) in [5.41, 5.74) is 1.21. The zero-order valence-corrected chi connectivity index (χ0v) is 13.9. The molecule has 1 amide bonds. The number of anilines is 2. The number of ether oxygens (including phenoxy) is 1. The lowest BCUT2D eigenvalue weighted by molar-refractivity contribution is 0.0687. The summed E-state index contributed by atoms with van der Waals surface area (Å²) >= 11 is 0. The van der Waals surface area contributed by atoms with E-state index in [4.69, 9.17) is 4.74 Å². The molecular formula is C15H23N3O2Si. The number of para-hydroxylation sites is 2. The minimum Gasteiger partial charge on any atom is -0.409 e. The molecule has 2 heterocycles. The maximum Gasteiger partial charge on any atom is 0.412 e. The summed E-state index contributed by atoms with van der Waals surface area (Å²) in [6, 6.07) is 7.98. The molecular weight excluding hydrogens is 282 g/mol. The molecule has 5 nitrogen and oxygen atoms in total. The Morgan fingerprint density at radius 3 is 2.14 bits per heavy atom. The van der Waals surface area contributed by atoms with Gasteiger partial charge < -0.3 is 20.3 Å². The highest BCUT2D eigenvalue weighted by molar-refractivity contribution is 6.80. The van der Waals surface area contributed by atoms with Crippen molar-refractivity contribution in [3.05, 3.63) is 24.3 Å². The fraction of sp³-hybridized carbons (Fsp3) is 0.533. The van der Waals surface area contributed by atoms with E-state index in [9.17, 15) is 4.79 Å². The summed E-state index contributed by atoms with van der Waals surface area (Å²) in [5, 5.41) is 6.85. The topological polar surface area (TPSA) is 53.6 Å². The van der Waals surface area contributed by atoms with Crippen molar-refractivity contribution in [2.75, 3.05) is 23.7 Å². The summed E-state index contributed by atoms with van der Waals surface area (Å²) in [6.07, 6.45) is 1.91. The van der Waals surface area contributed by atoms with Crippen molar-refractivity contribution in [2.45, 2.75) is 38.0 Å². The number of carbonyl (C=O) groups excluding carboxylic acids is 1. The number of hydrogen-bond acceptors (Lipinski definition) is 4. The zero-order valence-electron chi connectivity index (χ0n) is 12.9. The van der Waals surface area contributed by atoms with Crippen molar-refractivity contribution in [1.29, 1.82) is 0 Å². The van der Waals surface area contributed by atoms with Crippen LogP contribution in [0.4, 0.5) is 16.2 Å². The standard InChI is InChI=1S/C15H23N3O2Si/c1-21(2,3)15(20-14(19)18-10-6-7-11-18)16-12-8-4-5-9-13(12)17-15/h4-5,8-9,16-17H,6-7,10-11H2,1-3H3. The SMILES string of the molecule is C[Si](C)(C)C1(OC(=O)N2CCCC2)Nc2ccccc2N1. The molecule has 1 saturated heterocycles. The summed E-state index contributed by atoms with van der Waals surface area (Å²) in [4.78, 5) is 14.3. The molecule has 0 bridgehead atoms. The van der Waals surface area contributed by atoms with Gasteiger partial charge in [0.2, 0.25) is 5.47 Å². The van der Waals surface area contributed by atoms with Gasteiger partial charge in [0.25, 0.3) is 0 Å². The second-order valence-corrected chi connectivity index (χ2v) is 12.0. The van der Waals surface area contributed by atoms with Crippen LogP contribution in [-0.4, -0.2) is 37.6 Å². The first-order valence-corrected chi connectivity index (χ1v) is 11.0. The molecule has 21 heavy (non-hydrogen) atoms. The average molecular weight is 305 g/mol. The number of carbonyl (C=O) groups is 1. The van der Waals surface area contributed by atoms with Crippen molar-refractivity contribution < 1.29 is 9.53 Å². The number of benzene rings is 1. The smallest absolute Gasteiger partial charge is 0.409 e. The second-order valence-electron chi connectivity index (χ2n) is 6.79. The molecule has 1 aromatic rings. The quantitative estimate of drug-likeness (QED) is 0.823. The Morgan fingerprint density at radius 2 is 1.67 bits per heavy atom. The fourth-order valence-electron chi connectivity index (χ4n) is 2.79. The first-order chi connectivity index (χ1) is 9.91. The van der Waals surface area contributed by atoms with E-state index in [2.05, 4.69) is 30.3 Å². The summed E-state index contributed by atoms with van der Waals surface area (Å²) < 4.78 is 5.96. The first kappa shape index (κ1) is 14.3. The number of likely N-dealkylation sites (tertiary alicyclic amines) is 1. The minimum atomic E-state index is -1.88. The maximum atomic E-state index is 12.5. The molecule has 2 aliphatic heterocycles. The number of rotatable bonds is 2. The van der Waals surface area contributed by atoms with Gasteiger partial charge in [-0.1, -0.05) is 31.8 Å². The van der Waals surface area contributed by atoms with Crippen molar-refractivity contribution >= 4 is 25.5 Å². The lowest BCUT2D eigenvalue weighted by atomic mass is 10.3. The normalized spacial score (nSPS) is 19.7. The van der Waals surface area contributed by atoms with E-state index < -0.39 is 13.5 Å². The molecule has 0 aromatic heterocycles. The molecule has 0 spiro atoms. The van der Waals surface area contributed by atoms with Gasteiger partial charge in [0.15, 0.2) is 8.07 Å². The Hall–Kier alpha value is -1.69. The Balaban J connectivity index is 1.85. The molecule has 2 aliphatic rings. The fourth-order valence-corrected chi connectivity index (χ4v) is 4.20. The van der Waals surface area contributed by atoms with E-state index in [1.165, 1.54) is 0 Å². The summed E-state index contributed by atoms with van der Waals surface area (Å²) in [7, 11) is -1.88. The van der Waals surface area contributed by atoms with E-state index in [0.717, 1.165) is 37.3 Å². The molecule has 1 aromatic carbocycles. The third-order valence-corrected chi connectivity index (χ3v) is 6.67. The van der Waals surface area contributed by atoms with Crippen molar-refractivity contribution in [2.24, 2.45) is 0 Å². The van der Waals surface area contributed by atoms with Crippen LogP contribution >= 0.6 is 0 Å². The van der Waals surface area contributed by atoms with Crippen LogP contribution in [0.1, 0.15) is 12.8 Å². The number of nitrogens with one attached hydrogen (secondary N) is 2. The monoisotopic (exact) mass is 305 g/mol. The Labute approximate surface area is 126 Å². The molecule has 0 aliphatic carbocycles. The maximum absolute atomic E-state index is 12.5. The first-order valence-electron chi connectivity index (χ1n) is 7.55. The van der Waals surface area contributed by atoms with Crippen LogP contribution in [0.3, 0.4) is 0 Å². The number of nitrogens with zero attached hydrogens (tertiary/aromatic N) is 1. The molecule has 0 radical (unpaired) electrons. The third kappa shape index (κ3) is 2.48. The van der Waals surface area contributed by atoms with Crippen LogP contribution in [-0.2, 0) is 4.74 Å². The molecule has 1 fully saturated rings. The lowest BCUT2D eigenvalue weighted by Gasteiger charge is -2.40. The highest BCUT2D eigenvalue weighted by atomic mass is 28.3. The van der Waals surface area contributed by atoms with Crippen LogP contribution < -0.4 is 10.6 Å². The zero-order chi connectivity index (χ0) is 15.1. The largest absolute Gasteiger partial charge is 0.412 e. The van der Waals surface area contributed by atoms with Crippen molar-refractivity contribution in [3.8, 4) is 0 Å². The molecule has 2 N–H and O–H groups in total. The molecule has 3 rings (SSSR count). The van der Waals surface area contributed by atoms with E-state index in [-0.39, 0.29) is 6.09 Å². The molecule has 0 unspecified atom stereocenters. The van der Waals surface area contributed by atoms with Gasteiger partial charge in [-0.2, -0.15) is 0 Å². The van der Waals surface area contributed by atoms with E-state index in [0.29, 0.717) is 0 Å². The Bertz CT molecular complexity index is 525. The van der Waals surface area contributed by atoms with Crippen LogP contribution in [0.5, 0.6) is 0 Å².